The molecule has 8 heteroatoms. The first-order valence-electron chi connectivity index (χ1n) is 8.38. The molecule has 6 nitrogen and oxygen atoms in total. The maximum absolute atomic E-state index is 5.83. The van der Waals surface area contributed by atoms with Gasteiger partial charge < -0.3 is 11.1 Å². The maximum atomic E-state index is 5.83. The average Bonchev–Trinajstić information content (AvgIpc) is 2.71. The fourth-order valence-electron chi connectivity index (χ4n) is 2.11. The van der Waals surface area contributed by atoms with Crippen LogP contribution in [0.25, 0.3) is 0 Å². The zero-order chi connectivity index (χ0) is 19.6. The van der Waals surface area contributed by atoms with Gasteiger partial charge in [-0.25, -0.2) is 0 Å². The summed E-state index contributed by atoms with van der Waals surface area (Å²) >= 11 is 10.4. The monoisotopic (exact) mass is 398 g/mol. The van der Waals surface area contributed by atoms with E-state index in [1.165, 1.54) is 0 Å². The van der Waals surface area contributed by atoms with Gasteiger partial charge in [0, 0.05) is 23.9 Å². The van der Waals surface area contributed by atoms with Crippen LogP contribution in [-0.2, 0) is 0 Å². The molecule has 0 aliphatic rings. The van der Waals surface area contributed by atoms with E-state index in [0.717, 1.165) is 11.1 Å². The number of hydrogen-bond acceptors (Lipinski definition) is 5. The second-order valence-electron chi connectivity index (χ2n) is 5.49. The van der Waals surface area contributed by atoms with Crippen LogP contribution in [0.1, 0.15) is 24.5 Å². The third-order valence-corrected chi connectivity index (χ3v) is 4.24. The SMILES string of the molecule is CCC(=S)NN=C(C(=NNC(=S)NC)c1ccc(N)cc1)c1ccccc1. The Bertz CT molecular complexity index is 844. The lowest BCUT2D eigenvalue weighted by atomic mass is 9.99. The van der Waals surface area contributed by atoms with E-state index in [1.807, 2.05) is 61.5 Å². The molecule has 0 saturated heterocycles. The molecule has 0 unspecified atom stereocenters. The molecule has 5 N–H and O–H groups in total. The van der Waals surface area contributed by atoms with Crippen molar-refractivity contribution in [1.29, 1.82) is 0 Å². The van der Waals surface area contributed by atoms with Gasteiger partial charge in [0.2, 0.25) is 0 Å². The Morgan fingerprint density at radius 3 is 2.00 bits per heavy atom. The number of nitrogens with one attached hydrogen (secondary N) is 3. The third-order valence-electron chi connectivity index (χ3n) is 3.57. The van der Waals surface area contributed by atoms with Crippen molar-refractivity contribution in [3.63, 3.8) is 0 Å². The highest BCUT2D eigenvalue weighted by atomic mass is 32.1. The molecule has 0 fully saturated rings. The molecule has 0 radical (unpaired) electrons. The zero-order valence-electron chi connectivity index (χ0n) is 15.2. The van der Waals surface area contributed by atoms with E-state index < -0.39 is 0 Å². The topological polar surface area (TPSA) is 86.8 Å². The highest BCUT2D eigenvalue weighted by Gasteiger charge is 2.15. The third kappa shape index (κ3) is 6.12. The molecular weight excluding hydrogens is 376 g/mol. The molecule has 27 heavy (non-hydrogen) atoms. The van der Waals surface area contributed by atoms with Crippen LogP contribution in [0.4, 0.5) is 5.69 Å². The Morgan fingerprint density at radius 1 is 0.889 bits per heavy atom. The Kier molecular flexibility index (Phi) is 7.84. The van der Waals surface area contributed by atoms with Crippen molar-refractivity contribution in [2.24, 2.45) is 10.2 Å². The van der Waals surface area contributed by atoms with Gasteiger partial charge in [0.25, 0.3) is 0 Å². The summed E-state index contributed by atoms with van der Waals surface area (Å²) in [5.41, 5.74) is 15.2. The number of benzene rings is 2. The molecule has 0 saturated carbocycles. The van der Waals surface area contributed by atoms with E-state index in [9.17, 15) is 0 Å². The Labute approximate surface area is 169 Å². The van der Waals surface area contributed by atoms with E-state index in [1.54, 1.807) is 7.05 Å². The fraction of sp³-hybridized carbons (Fsp3) is 0.158. The van der Waals surface area contributed by atoms with Crippen LogP contribution >= 0.6 is 24.4 Å². The lowest BCUT2D eigenvalue weighted by Gasteiger charge is -2.13. The molecule has 140 valence electrons. The van der Waals surface area contributed by atoms with Gasteiger partial charge in [-0.3, -0.25) is 10.9 Å². The van der Waals surface area contributed by atoms with Gasteiger partial charge in [-0.1, -0.05) is 61.6 Å². The van der Waals surface area contributed by atoms with Crippen LogP contribution in [0.5, 0.6) is 0 Å². The lowest BCUT2D eigenvalue weighted by molar-refractivity contribution is 0.974. The summed E-state index contributed by atoms with van der Waals surface area (Å²) in [6, 6.07) is 17.1. The second kappa shape index (κ2) is 10.3. The number of rotatable bonds is 6. The molecule has 0 atom stereocenters. The Morgan fingerprint density at radius 2 is 1.44 bits per heavy atom. The predicted molar refractivity (Wildman–Crippen MR) is 121 cm³/mol. The van der Waals surface area contributed by atoms with Crippen LogP contribution in [0.2, 0.25) is 0 Å². The van der Waals surface area contributed by atoms with Crippen LogP contribution < -0.4 is 21.9 Å². The molecule has 2 rings (SSSR count). The van der Waals surface area contributed by atoms with Crippen molar-refractivity contribution in [2.75, 3.05) is 12.8 Å². The number of nitrogens with zero attached hydrogens (tertiary/aromatic N) is 2. The molecular formula is C19H22N6S2. The van der Waals surface area contributed by atoms with E-state index in [2.05, 4.69) is 26.4 Å². The number of nitrogens with two attached hydrogens (primary N) is 1. The number of hydrogen-bond donors (Lipinski definition) is 4. The largest absolute Gasteiger partial charge is 0.399 e. The van der Waals surface area contributed by atoms with Gasteiger partial charge in [-0.2, -0.15) is 10.2 Å². The molecule has 0 spiro atoms. The van der Waals surface area contributed by atoms with E-state index >= 15 is 0 Å². The van der Waals surface area contributed by atoms with Gasteiger partial charge in [0.1, 0.15) is 11.4 Å². The van der Waals surface area contributed by atoms with Gasteiger partial charge >= 0.3 is 0 Å². The number of nitrogen functional groups attached to an aromatic ring is 1. The van der Waals surface area contributed by atoms with Crippen LogP contribution in [0, 0.1) is 0 Å². The van der Waals surface area contributed by atoms with Gasteiger partial charge in [-0.15, -0.1) is 0 Å². The van der Waals surface area contributed by atoms with Crippen LogP contribution in [0.15, 0.2) is 64.8 Å². The maximum Gasteiger partial charge on any atom is 0.186 e. The van der Waals surface area contributed by atoms with E-state index in [4.69, 9.17) is 30.2 Å². The molecule has 2 aromatic rings. The summed E-state index contributed by atoms with van der Waals surface area (Å²) in [6.07, 6.45) is 0.692. The van der Waals surface area contributed by atoms with Crippen molar-refractivity contribution in [1.82, 2.24) is 16.2 Å². The van der Waals surface area contributed by atoms with Crippen molar-refractivity contribution < 1.29 is 0 Å². The molecule has 0 aliphatic carbocycles. The molecule has 0 bridgehead atoms. The number of hydrazone groups is 2. The quantitative estimate of drug-likeness (QED) is 0.259. The molecule has 0 amide bonds. The molecule has 0 aromatic heterocycles. The minimum atomic E-state index is 0.396. The zero-order valence-corrected chi connectivity index (χ0v) is 16.8. The highest BCUT2D eigenvalue weighted by Crippen LogP contribution is 2.12. The number of thiocarbonyl (C=S) groups is 2. The lowest BCUT2D eigenvalue weighted by Crippen LogP contribution is -2.32. The minimum Gasteiger partial charge on any atom is -0.399 e. The number of anilines is 1. The summed E-state index contributed by atoms with van der Waals surface area (Å²) in [5.74, 6) is 0. The summed E-state index contributed by atoms with van der Waals surface area (Å²) < 4.78 is 0. The normalized spacial score (nSPS) is 11.6. The van der Waals surface area contributed by atoms with Gasteiger partial charge in [-0.05, 0) is 30.8 Å². The molecule has 0 aliphatic heterocycles. The summed E-state index contributed by atoms with van der Waals surface area (Å²) in [7, 11) is 1.72. The van der Waals surface area contributed by atoms with Crippen molar-refractivity contribution in [3.8, 4) is 0 Å². The first-order valence-corrected chi connectivity index (χ1v) is 9.20. The van der Waals surface area contributed by atoms with Crippen molar-refractivity contribution in [2.45, 2.75) is 13.3 Å². The van der Waals surface area contributed by atoms with E-state index in [0.29, 0.717) is 33.6 Å². The standard InChI is InChI=1S/C19H22N6S2/c1-3-16(26)22-23-17(13-7-5-4-6-8-13)18(24-25-19(27)21-2)14-9-11-15(20)12-10-14/h4-12H,3,20H2,1-2H3,(H,22,26)(H2,21,25,27). The summed E-state index contributed by atoms with van der Waals surface area (Å²) in [5, 5.41) is 12.2. The second-order valence-corrected chi connectivity index (χ2v) is 6.39. The van der Waals surface area contributed by atoms with Crippen LogP contribution in [0.3, 0.4) is 0 Å². The van der Waals surface area contributed by atoms with Crippen LogP contribution in [-0.4, -0.2) is 28.6 Å². The highest BCUT2D eigenvalue weighted by molar-refractivity contribution is 7.80. The van der Waals surface area contributed by atoms with Crippen molar-refractivity contribution in [3.05, 3.63) is 65.7 Å². The average molecular weight is 399 g/mol. The smallest absolute Gasteiger partial charge is 0.186 e. The minimum absolute atomic E-state index is 0.396. The van der Waals surface area contributed by atoms with Gasteiger partial charge in [0.15, 0.2) is 5.11 Å². The molecule has 0 heterocycles. The first-order chi connectivity index (χ1) is 13.0. The van der Waals surface area contributed by atoms with E-state index in [-0.39, 0.29) is 0 Å². The first kappa shape index (κ1) is 20.5. The summed E-state index contributed by atoms with van der Waals surface area (Å²) in [6.45, 7) is 1.97. The Hall–Kier alpha value is -2.84. The van der Waals surface area contributed by atoms with Gasteiger partial charge in [0.05, 0.1) is 4.99 Å². The molecule has 2 aromatic carbocycles. The van der Waals surface area contributed by atoms with Crippen molar-refractivity contribution >= 4 is 51.6 Å². The fourth-order valence-corrected chi connectivity index (χ4v) is 2.20. The predicted octanol–water partition coefficient (Wildman–Crippen LogP) is 2.80. The summed E-state index contributed by atoms with van der Waals surface area (Å²) in [4.78, 5) is 0.638. The Balaban J connectivity index is 2.56.